The zero-order chi connectivity index (χ0) is 20.3. The number of Topliss-reactive ketones (excluding diaryl/α,β-unsaturated/α-hetero) is 1. The van der Waals surface area contributed by atoms with E-state index in [1.54, 1.807) is 0 Å². The van der Waals surface area contributed by atoms with Crippen LogP contribution in [0.15, 0.2) is 0 Å². The minimum absolute atomic E-state index is 0.0295. The van der Waals surface area contributed by atoms with Gasteiger partial charge in [-0.25, -0.2) is 4.79 Å². The van der Waals surface area contributed by atoms with Gasteiger partial charge in [-0.15, -0.1) is 0 Å². The van der Waals surface area contributed by atoms with Crippen molar-refractivity contribution < 1.29 is 41.6 Å². The van der Waals surface area contributed by atoms with Crippen LogP contribution in [0.2, 0.25) is 0 Å². The lowest BCUT2D eigenvalue weighted by Crippen LogP contribution is -2.49. The molecule has 0 spiro atoms. The Hall–Kier alpha value is -1.75. The zero-order valence-corrected chi connectivity index (χ0v) is 15.1. The molecular formula is C15H24F3N2O6+. The molecule has 26 heavy (non-hydrogen) atoms. The van der Waals surface area contributed by atoms with Crippen LogP contribution in [-0.2, 0) is 19.1 Å². The largest absolute Gasteiger partial charge is 0.491 e. The van der Waals surface area contributed by atoms with Gasteiger partial charge in [0.05, 0.1) is 21.1 Å². The minimum Gasteiger partial charge on any atom is -0.406 e. The van der Waals surface area contributed by atoms with Crippen molar-refractivity contribution >= 4 is 11.8 Å². The van der Waals surface area contributed by atoms with Crippen LogP contribution in [-0.4, -0.2) is 74.0 Å². The molecule has 0 aromatic rings. The number of nitrogens with zero attached hydrogens (tertiary/aromatic N) is 2. The maximum atomic E-state index is 12.4. The van der Waals surface area contributed by atoms with E-state index < -0.39 is 41.4 Å². The van der Waals surface area contributed by atoms with Crippen LogP contribution >= 0.6 is 0 Å². The summed E-state index contributed by atoms with van der Waals surface area (Å²) in [5, 5.41) is 11.0. The molecule has 1 saturated carbocycles. The highest BCUT2D eigenvalue weighted by Crippen LogP contribution is 2.32. The molecule has 1 aliphatic rings. The minimum atomic E-state index is -5.12. The molecule has 1 rings (SSSR count). The number of hydrogen-bond acceptors (Lipinski definition) is 6. The molecule has 0 N–H and O–H groups in total. The maximum absolute atomic E-state index is 12.4. The quantitative estimate of drug-likeness (QED) is 0.207. The Balaban J connectivity index is 2.70. The summed E-state index contributed by atoms with van der Waals surface area (Å²) in [6.45, 7) is 0. The van der Waals surface area contributed by atoms with E-state index >= 15 is 0 Å². The highest BCUT2D eigenvalue weighted by Gasteiger charge is 2.46. The summed E-state index contributed by atoms with van der Waals surface area (Å²) in [5.41, 5.74) is 0. The zero-order valence-electron chi connectivity index (χ0n) is 15.1. The molecule has 11 heteroatoms. The van der Waals surface area contributed by atoms with Crippen LogP contribution in [0.1, 0.15) is 25.7 Å². The third-order valence-electron chi connectivity index (χ3n) is 4.48. The first kappa shape index (κ1) is 22.3. The van der Waals surface area contributed by atoms with Crippen LogP contribution < -0.4 is 0 Å². The van der Waals surface area contributed by atoms with Crippen LogP contribution in [0.25, 0.3) is 0 Å². The second-order valence-electron chi connectivity index (χ2n) is 7.27. The fourth-order valence-electron chi connectivity index (χ4n) is 2.98. The molecule has 0 radical (unpaired) electrons. The van der Waals surface area contributed by atoms with E-state index in [1.165, 1.54) is 28.3 Å². The second kappa shape index (κ2) is 8.30. The second-order valence-corrected chi connectivity index (χ2v) is 7.27. The average molecular weight is 385 g/mol. The van der Waals surface area contributed by atoms with Crippen LogP contribution in [0.3, 0.4) is 0 Å². The Kier molecular flexibility index (Phi) is 7.11. The van der Waals surface area contributed by atoms with Gasteiger partial charge < -0.3 is 9.47 Å². The number of methoxy groups -OCH3 is 1. The van der Waals surface area contributed by atoms with Crippen LogP contribution in [0.5, 0.6) is 0 Å². The van der Waals surface area contributed by atoms with Crippen LogP contribution in [0.4, 0.5) is 13.2 Å². The standard InChI is InChI=1S/C15H24F3N2O6/c1-20(2,3)13(26-14(22)15(16,17)18)6-5-11(21)9-7-10(19(23)24)12(8-9)25-4/h9-10,12-13H,5-8H2,1-4H3/q+1/t9-,10-,12-,13?/m0/s1. The SMILES string of the molecule is CO[C@H]1C[C@@H](C(=O)CCC(OC(=O)C(F)(F)F)[N+](C)(C)C)C[C@@H]1[N+](=O)[O-]. The van der Waals surface area contributed by atoms with Gasteiger partial charge in [0.15, 0.2) is 0 Å². The van der Waals surface area contributed by atoms with Crippen LogP contribution in [0, 0.1) is 16.0 Å². The molecule has 0 heterocycles. The summed E-state index contributed by atoms with van der Waals surface area (Å²) in [6.07, 6.45) is -6.98. The van der Waals surface area contributed by atoms with Crippen molar-refractivity contribution in [3.63, 3.8) is 0 Å². The van der Waals surface area contributed by atoms with E-state index in [0.29, 0.717) is 0 Å². The van der Waals surface area contributed by atoms with Gasteiger partial charge in [-0.1, -0.05) is 0 Å². The normalized spacial score (nSPS) is 25.0. The van der Waals surface area contributed by atoms with Crippen molar-refractivity contribution in [2.24, 2.45) is 5.92 Å². The van der Waals surface area contributed by atoms with E-state index in [0.717, 1.165) is 0 Å². The van der Waals surface area contributed by atoms with Crippen molar-refractivity contribution in [3.05, 3.63) is 10.1 Å². The molecule has 1 fully saturated rings. The number of ketones is 1. The third kappa shape index (κ3) is 5.90. The summed E-state index contributed by atoms with van der Waals surface area (Å²) >= 11 is 0. The van der Waals surface area contributed by atoms with Crippen molar-refractivity contribution in [2.45, 2.75) is 50.2 Å². The molecule has 4 atom stereocenters. The van der Waals surface area contributed by atoms with Gasteiger partial charge in [-0.05, 0) is 6.42 Å². The van der Waals surface area contributed by atoms with Crippen molar-refractivity contribution in [1.29, 1.82) is 0 Å². The average Bonchev–Trinajstić information content (AvgIpc) is 2.93. The van der Waals surface area contributed by atoms with Gasteiger partial charge in [0.25, 0.3) is 0 Å². The Labute approximate surface area is 149 Å². The number of ether oxygens (including phenoxy) is 2. The molecular weight excluding hydrogens is 361 g/mol. The van der Waals surface area contributed by atoms with Crippen molar-refractivity contribution in [2.75, 3.05) is 28.3 Å². The third-order valence-corrected chi connectivity index (χ3v) is 4.48. The lowest BCUT2D eigenvalue weighted by atomic mass is 9.98. The van der Waals surface area contributed by atoms with Gasteiger partial charge >= 0.3 is 12.1 Å². The summed E-state index contributed by atoms with van der Waals surface area (Å²) in [7, 11) is 5.95. The number of nitro groups is 1. The van der Waals surface area contributed by atoms with Gasteiger partial charge in [-0.2, -0.15) is 13.2 Å². The molecule has 1 unspecified atom stereocenters. The van der Waals surface area contributed by atoms with E-state index in [-0.39, 0.29) is 35.9 Å². The molecule has 1 aliphatic carbocycles. The van der Waals surface area contributed by atoms with Gasteiger partial charge in [0.1, 0.15) is 11.9 Å². The van der Waals surface area contributed by atoms with E-state index in [9.17, 15) is 32.9 Å². The van der Waals surface area contributed by atoms with Crippen molar-refractivity contribution in [3.8, 4) is 0 Å². The predicted molar refractivity (Wildman–Crippen MR) is 82.5 cm³/mol. The van der Waals surface area contributed by atoms with Crippen molar-refractivity contribution in [1.82, 2.24) is 0 Å². The lowest BCUT2D eigenvalue weighted by Gasteiger charge is -2.33. The number of carbonyl (C=O) groups is 2. The Morgan fingerprint density at radius 1 is 1.27 bits per heavy atom. The number of carbonyl (C=O) groups excluding carboxylic acids is 2. The Morgan fingerprint density at radius 3 is 2.23 bits per heavy atom. The first-order chi connectivity index (χ1) is 11.8. The molecule has 0 amide bonds. The fourth-order valence-corrected chi connectivity index (χ4v) is 2.98. The molecule has 0 saturated heterocycles. The number of halogens is 3. The van der Waals surface area contributed by atoms with E-state index in [4.69, 9.17) is 4.74 Å². The summed E-state index contributed by atoms with van der Waals surface area (Å²) < 4.78 is 46.7. The lowest BCUT2D eigenvalue weighted by molar-refractivity contribution is -0.917. The van der Waals surface area contributed by atoms with E-state index in [2.05, 4.69) is 4.74 Å². The number of quaternary nitrogens is 1. The molecule has 150 valence electrons. The predicted octanol–water partition coefficient (Wildman–Crippen LogP) is 1.54. The molecule has 0 aliphatic heterocycles. The monoisotopic (exact) mass is 385 g/mol. The topological polar surface area (TPSA) is 95.7 Å². The summed E-state index contributed by atoms with van der Waals surface area (Å²) in [5.74, 6) is -3.21. The molecule has 0 aromatic carbocycles. The Bertz CT molecular complexity index is 546. The van der Waals surface area contributed by atoms with E-state index in [1.807, 2.05) is 0 Å². The summed E-state index contributed by atoms with van der Waals surface area (Å²) in [4.78, 5) is 33.9. The highest BCUT2D eigenvalue weighted by molar-refractivity contribution is 5.81. The fraction of sp³-hybridized carbons (Fsp3) is 0.867. The first-order valence-corrected chi connectivity index (χ1v) is 8.05. The van der Waals surface area contributed by atoms with Gasteiger partial charge in [0, 0.05) is 37.2 Å². The molecule has 0 aromatic heterocycles. The number of esters is 1. The number of rotatable bonds is 8. The maximum Gasteiger partial charge on any atom is 0.491 e. The first-order valence-electron chi connectivity index (χ1n) is 8.05. The van der Waals surface area contributed by atoms with Gasteiger partial charge in [-0.3, -0.25) is 19.4 Å². The number of alkyl halides is 3. The van der Waals surface area contributed by atoms with Gasteiger partial charge in [0.2, 0.25) is 12.3 Å². The molecule has 0 bridgehead atoms. The molecule has 8 nitrogen and oxygen atoms in total. The highest BCUT2D eigenvalue weighted by atomic mass is 19.4. The smallest absolute Gasteiger partial charge is 0.406 e. The number of hydrogen-bond donors (Lipinski definition) is 0. The Morgan fingerprint density at radius 2 is 1.85 bits per heavy atom. The summed E-state index contributed by atoms with van der Waals surface area (Å²) in [6, 6.07) is -0.980.